The summed E-state index contributed by atoms with van der Waals surface area (Å²) < 4.78 is 26.1. The van der Waals surface area contributed by atoms with Crippen LogP contribution in [0.5, 0.6) is 0 Å². The van der Waals surface area contributed by atoms with E-state index in [4.69, 9.17) is 0 Å². The molecule has 0 radical (unpaired) electrons. The highest BCUT2D eigenvalue weighted by Gasteiger charge is 2.25. The molecule has 27 heavy (non-hydrogen) atoms. The van der Waals surface area contributed by atoms with E-state index in [2.05, 4.69) is 14.9 Å². The molecule has 0 fully saturated rings. The Bertz CT molecular complexity index is 959. The van der Waals surface area contributed by atoms with Crippen molar-refractivity contribution in [3.63, 3.8) is 0 Å². The molecule has 7 nitrogen and oxygen atoms in total. The number of aliphatic hydroxyl groups is 1. The quantitative estimate of drug-likeness (QED) is 0.696. The van der Waals surface area contributed by atoms with Gasteiger partial charge in [0.2, 0.25) is 10.0 Å². The van der Waals surface area contributed by atoms with Crippen LogP contribution in [0.15, 0.2) is 47.4 Å². The first kappa shape index (κ1) is 19.5. The number of rotatable bonds is 6. The molecular weight excluding hydrogens is 366 g/mol. The SMILES string of the molecule is CNS(=O)(=O)c1cccc(C(=O)Nc2cccc3c2CN(C(C)CO)C3)c1. The van der Waals surface area contributed by atoms with Gasteiger partial charge in [0.1, 0.15) is 0 Å². The molecular formula is C19H23N3O4S. The standard InChI is InChI=1S/C19H23N3O4S/c1-13(12-23)22-10-15-6-4-8-18(17(15)11-22)21-19(24)14-5-3-7-16(9-14)27(25,26)20-2/h3-9,13,20,23H,10-12H2,1-2H3,(H,21,24). The number of anilines is 1. The summed E-state index contributed by atoms with van der Waals surface area (Å²) in [5.74, 6) is -0.370. The van der Waals surface area contributed by atoms with E-state index < -0.39 is 10.0 Å². The van der Waals surface area contributed by atoms with Crippen LogP contribution in [0.2, 0.25) is 0 Å². The Kier molecular flexibility index (Phi) is 5.61. The molecule has 2 aromatic carbocycles. The maximum atomic E-state index is 12.7. The van der Waals surface area contributed by atoms with Gasteiger partial charge in [-0.1, -0.05) is 18.2 Å². The Balaban J connectivity index is 1.83. The van der Waals surface area contributed by atoms with Crippen molar-refractivity contribution in [3.05, 3.63) is 59.2 Å². The molecule has 144 valence electrons. The van der Waals surface area contributed by atoms with E-state index in [1.807, 2.05) is 25.1 Å². The van der Waals surface area contributed by atoms with E-state index >= 15 is 0 Å². The molecule has 0 saturated heterocycles. The fraction of sp³-hybridized carbons (Fsp3) is 0.316. The van der Waals surface area contributed by atoms with Crippen molar-refractivity contribution in [2.75, 3.05) is 19.0 Å². The van der Waals surface area contributed by atoms with E-state index in [9.17, 15) is 18.3 Å². The Morgan fingerprint density at radius 3 is 2.67 bits per heavy atom. The highest BCUT2D eigenvalue weighted by atomic mass is 32.2. The molecule has 8 heteroatoms. The lowest BCUT2D eigenvalue weighted by atomic mass is 10.1. The van der Waals surface area contributed by atoms with Gasteiger partial charge in [0.25, 0.3) is 5.91 Å². The average Bonchev–Trinajstić information content (AvgIpc) is 3.13. The largest absolute Gasteiger partial charge is 0.395 e. The molecule has 2 aromatic rings. The smallest absolute Gasteiger partial charge is 0.255 e. The molecule has 0 spiro atoms. The topological polar surface area (TPSA) is 98.7 Å². The van der Waals surface area contributed by atoms with Crippen LogP contribution >= 0.6 is 0 Å². The van der Waals surface area contributed by atoms with E-state index in [1.165, 1.54) is 19.2 Å². The Hall–Kier alpha value is -2.26. The predicted octanol–water partition coefficient (Wildman–Crippen LogP) is 1.54. The maximum absolute atomic E-state index is 12.7. The summed E-state index contributed by atoms with van der Waals surface area (Å²) in [7, 11) is -2.29. The Labute approximate surface area is 159 Å². The van der Waals surface area contributed by atoms with Crippen molar-refractivity contribution in [2.45, 2.75) is 31.0 Å². The van der Waals surface area contributed by atoms with Gasteiger partial charge in [0, 0.05) is 30.4 Å². The number of nitrogens with zero attached hydrogens (tertiary/aromatic N) is 1. The number of carbonyl (C=O) groups is 1. The molecule has 1 unspecified atom stereocenters. The van der Waals surface area contributed by atoms with Crippen molar-refractivity contribution in [2.24, 2.45) is 0 Å². The van der Waals surface area contributed by atoms with Crippen LogP contribution in [-0.4, -0.2) is 44.0 Å². The Morgan fingerprint density at radius 2 is 1.96 bits per heavy atom. The summed E-state index contributed by atoms with van der Waals surface area (Å²) in [6, 6.07) is 11.7. The van der Waals surface area contributed by atoms with Gasteiger partial charge in [0.15, 0.2) is 0 Å². The van der Waals surface area contributed by atoms with Crippen LogP contribution in [0.3, 0.4) is 0 Å². The number of carbonyl (C=O) groups excluding carboxylic acids is 1. The maximum Gasteiger partial charge on any atom is 0.255 e. The lowest BCUT2D eigenvalue weighted by Crippen LogP contribution is -2.30. The monoisotopic (exact) mass is 389 g/mol. The first-order chi connectivity index (χ1) is 12.9. The lowest BCUT2D eigenvalue weighted by Gasteiger charge is -2.21. The number of amides is 1. The molecule has 0 aromatic heterocycles. The lowest BCUT2D eigenvalue weighted by molar-refractivity contribution is 0.102. The van der Waals surface area contributed by atoms with E-state index in [1.54, 1.807) is 12.1 Å². The second-order valence-corrected chi connectivity index (χ2v) is 8.46. The normalized spacial score (nSPS) is 15.4. The van der Waals surface area contributed by atoms with Gasteiger partial charge in [0.05, 0.1) is 11.5 Å². The third kappa shape index (κ3) is 4.03. The average molecular weight is 389 g/mol. The number of sulfonamides is 1. The highest BCUT2D eigenvalue weighted by molar-refractivity contribution is 7.89. The summed E-state index contributed by atoms with van der Waals surface area (Å²) in [6.45, 7) is 3.39. The minimum absolute atomic E-state index is 0.0318. The summed E-state index contributed by atoms with van der Waals surface area (Å²) in [4.78, 5) is 14.9. The molecule has 3 N–H and O–H groups in total. The number of nitrogens with one attached hydrogen (secondary N) is 2. The number of benzene rings is 2. The minimum Gasteiger partial charge on any atom is -0.395 e. The zero-order chi connectivity index (χ0) is 19.6. The summed E-state index contributed by atoms with van der Waals surface area (Å²) in [5.41, 5.74) is 3.10. The molecule has 1 heterocycles. The van der Waals surface area contributed by atoms with Gasteiger partial charge < -0.3 is 10.4 Å². The van der Waals surface area contributed by atoms with Gasteiger partial charge in [-0.3, -0.25) is 9.69 Å². The summed E-state index contributed by atoms with van der Waals surface area (Å²) in [5, 5.41) is 12.3. The zero-order valence-electron chi connectivity index (χ0n) is 15.3. The number of hydrogen-bond acceptors (Lipinski definition) is 5. The minimum atomic E-state index is -3.62. The first-order valence-corrected chi connectivity index (χ1v) is 10.1. The molecule has 1 aliphatic rings. The van der Waals surface area contributed by atoms with E-state index in [0.29, 0.717) is 12.2 Å². The molecule has 1 aliphatic heterocycles. The third-order valence-electron chi connectivity index (χ3n) is 4.82. The number of aliphatic hydroxyl groups excluding tert-OH is 1. The number of hydrogen-bond donors (Lipinski definition) is 3. The summed E-state index contributed by atoms with van der Waals surface area (Å²) >= 11 is 0. The van der Waals surface area contributed by atoms with E-state index in [0.717, 1.165) is 17.7 Å². The number of fused-ring (bicyclic) bond motifs is 1. The third-order valence-corrected chi connectivity index (χ3v) is 6.23. The van der Waals surface area contributed by atoms with Crippen molar-refractivity contribution in [1.29, 1.82) is 0 Å². The fourth-order valence-corrected chi connectivity index (χ4v) is 3.88. The molecule has 1 amide bonds. The van der Waals surface area contributed by atoms with Crippen LogP contribution < -0.4 is 10.0 Å². The van der Waals surface area contributed by atoms with Crippen molar-refractivity contribution >= 4 is 21.6 Å². The second kappa shape index (κ2) is 7.77. The van der Waals surface area contributed by atoms with Crippen LogP contribution in [0, 0.1) is 0 Å². The van der Waals surface area contributed by atoms with Gasteiger partial charge in [-0.05, 0) is 49.4 Å². The van der Waals surface area contributed by atoms with Crippen LogP contribution in [0.25, 0.3) is 0 Å². The molecule has 0 bridgehead atoms. The van der Waals surface area contributed by atoms with Crippen LogP contribution in [0.1, 0.15) is 28.4 Å². The van der Waals surface area contributed by atoms with Crippen LogP contribution in [0.4, 0.5) is 5.69 Å². The van der Waals surface area contributed by atoms with Gasteiger partial charge in [-0.25, -0.2) is 13.1 Å². The molecule has 0 saturated carbocycles. The highest BCUT2D eigenvalue weighted by Crippen LogP contribution is 2.30. The van der Waals surface area contributed by atoms with Gasteiger partial charge >= 0.3 is 0 Å². The van der Waals surface area contributed by atoms with Crippen LogP contribution in [-0.2, 0) is 23.1 Å². The van der Waals surface area contributed by atoms with Crippen molar-refractivity contribution < 1.29 is 18.3 Å². The van der Waals surface area contributed by atoms with Gasteiger partial charge in [-0.15, -0.1) is 0 Å². The van der Waals surface area contributed by atoms with E-state index in [-0.39, 0.29) is 29.0 Å². The fourth-order valence-electron chi connectivity index (χ4n) is 3.11. The first-order valence-electron chi connectivity index (χ1n) is 8.66. The summed E-state index contributed by atoms with van der Waals surface area (Å²) in [6.07, 6.45) is 0. The molecule has 3 rings (SSSR count). The Morgan fingerprint density at radius 1 is 1.22 bits per heavy atom. The zero-order valence-corrected chi connectivity index (χ0v) is 16.1. The van der Waals surface area contributed by atoms with Crippen molar-refractivity contribution in [1.82, 2.24) is 9.62 Å². The van der Waals surface area contributed by atoms with Crippen molar-refractivity contribution in [3.8, 4) is 0 Å². The molecule has 1 atom stereocenters. The second-order valence-electron chi connectivity index (χ2n) is 6.57. The molecule has 0 aliphatic carbocycles. The predicted molar refractivity (Wildman–Crippen MR) is 103 cm³/mol. The van der Waals surface area contributed by atoms with Gasteiger partial charge in [-0.2, -0.15) is 0 Å².